The first-order valence-corrected chi connectivity index (χ1v) is 7.98. The molecule has 1 aromatic carbocycles. The van der Waals surface area contributed by atoms with Crippen LogP contribution in [0.3, 0.4) is 0 Å². The zero-order chi connectivity index (χ0) is 14.6. The van der Waals surface area contributed by atoms with Gasteiger partial charge in [-0.1, -0.05) is 11.2 Å². The fourth-order valence-corrected chi connectivity index (χ4v) is 3.57. The number of nitrogens with one attached hydrogen (secondary N) is 2. The van der Waals surface area contributed by atoms with Crippen molar-refractivity contribution in [1.29, 1.82) is 0 Å². The maximum absolute atomic E-state index is 12.3. The van der Waals surface area contributed by atoms with E-state index in [2.05, 4.69) is 40.6 Å². The zero-order valence-corrected chi connectivity index (χ0v) is 13.0. The Morgan fingerprint density at radius 1 is 1.35 bits per heavy atom. The van der Waals surface area contributed by atoms with Gasteiger partial charge in [0.15, 0.2) is 5.82 Å². The first kappa shape index (κ1) is 15.1. The average molecular weight is 361 g/mol. The van der Waals surface area contributed by atoms with Crippen LogP contribution in [-0.4, -0.2) is 25.6 Å². The molecule has 0 aliphatic rings. The highest BCUT2D eigenvalue weighted by molar-refractivity contribution is 9.10. The second-order valence-electron chi connectivity index (χ2n) is 3.97. The SMILES string of the molecule is CNCc1ccc(Br)c(S(=O)(=O)NCc2ncon2)c1. The van der Waals surface area contributed by atoms with Gasteiger partial charge in [-0.3, -0.25) is 0 Å². The van der Waals surface area contributed by atoms with Gasteiger partial charge in [-0.2, -0.15) is 4.98 Å². The Hall–Kier alpha value is -1.29. The maximum atomic E-state index is 12.3. The van der Waals surface area contributed by atoms with Crippen molar-refractivity contribution < 1.29 is 12.9 Å². The summed E-state index contributed by atoms with van der Waals surface area (Å²) in [5, 5.41) is 6.52. The predicted octanol–water partition coefficient (Wildman–Crippen LogP) is 1.03. The quantitative estimate of drug-likeness (QED) is 0.798. The Kier molecular flexibility index (Phi) is 4.86. The molecule has 0 atom stereocenters. The summed E-state index contributed by atoms with van der Waals surface area (Å²) in [6, 6.07) is 5.16. The molecule has 20 heavy (non-hydrogen) atoms. The topological polar surface area (TPSA) is 97.1 Å². The first-order chi connectivity index (χ1) is 9.53. The molecule has 2 N–H and O–H groups in total. The molecule has 0 bridgehead atoms. The molecule has 1 heterocycles. The van der Waals surface area contributed by atoms with Crippen molar-refractivity contribution in [2.75, 3.05) is 7.05 Å². The predicted molar refractivity (Wildman–Crippen MR) is 75.2 cm³/mol. The standard InChI is InChI=1S/C11H13BrN4O3S/c1-13-5-8-2-3-9(12)10(4-8)20(17,18)15-6-11-14-7-19-16-11/h2-4,7,13,15H,5-6H2,1H3. The van der Waals surface area contributed by atoms with E-state index in [1.54, 1.807) is 19.2 Å². The second-order valence-corrected chi connectivity index (χ2v) is 6.56. The molecule has 0 spiro atoms. The van der Waals surface area contributed by atoms with Crippen LogP contribution in [0.1, 0.15) is 11.4 Å². The van der Waals surface area contributed by atoms with Gasteiger partial charge in [0.1, 0.15) is 0 Å². The summed E-state index contributed by atoms with van der Waals surface area (Å²) in [5.74, 6) is 0.274. The Morgan fingerprint density at radius 2 is 2.15 bits per heavy atom. The lowest BCUT2D eigenvalue weighted by atomic mass is 10.2. The lowest BCUT2D eigenvalue weighted by molar-refractivity contribution is 0.409. The second kappa shape index (κ2) is 6.44. The van der Waals surface area contributed by atoms with Crippen LogP contribution in [0, 0.1) is 0 Å². The summed E-state index contributed by atoms with van der Waals surface area (Å²) in [7, 11) is -1.86. The molecule has 0 amide bonds. The molecule has 0 saturated carbocycles. The van der Waals surface area contributed by atoms with Crippen LogP contribution in [0.15, 0.2) is 38.5 Å². The number of sulfonamides is 1. The molecule has 0 aliphatic heterocycles. The highest BCUT2D eigenvalue weighted by Gasteiger charge is 2.18. The fraction of sp³-hybridized carbons (Fsp3) is 0.273. The summed E-state index contributed by atoms with van der Waals surface area (Å²) in [6.07, 6.45) is 1.15. The zero-order valence-electron chi connectivity index (χ0n) is 10.6. The van der Waals surface area contributed by atoms with Gasteiger partial charge in [0, 0.05) is 11.0 Å². The van der Waals surface area contributed by atoms with E-state index in [4.69, 9.17) is 0 Å². The largest absolute Gasteiger partial charge is 0.343 e. The highest BCUT2D eigenvalue weighted by atomic mass is 79.9. The molecule has 108 valence electrons. The number of rotatable bonds is 6. The lowest BCUT2D eigenvalue weighted by Crippen LogP contribution is -2.24. The van der Waals surface area contributed by atoms with Crippen molar-refractivity contribution in [3.05, 3.63) is 40.5 Å². The first-order valence-electron chi connectivity index (χ1n) is 5.71. The number of hydrogen-bond donors (Lipinski definition) is 2. The van der Waals surface area contributed by atoms with E-state index >= 15 is 0 Å². The highest BCUT2D eigenvalue weighted by Crippen LogP contribution is 2.23. The Bertz CT molecular complexity index is 673. The van der Waals surface area contributed by atoms with E-state index in [9.17, 15) is 8.42 Å². The van der Waals surface area contributed by atoms with Crippen molar-refractivity contribution >= 4 is 26.0 Å². The fourth-order valence-electron chi connectivity index (χ4n) is 1.58. The van der Waals surface area contributed by atoms with Gasteiger partial charge in [0.2, 0.25) is 16.4 Å². The van der Waals surface area contributed by atoms with Gasteiger partial charge < -0.3 is 9.84 Å². The van der Waals surface area contributed by atoms with Crippen LogP contribution in [-0.2, 0) is 23.1 Å². The summed E-state index contributed by atoms with van der Waals surface area (Å²) in [5.41, 5.74) is 0.871. The van der Waals surface area contributed by atoms with Crippen LogP contribution in [0.4, 0.5) is 0 Å². The van der Waals surface area contributed by atoms with Crippen molar-refractivity contribution in [3.63, 3.8) is 0 Å². The molecular weight excluding hydrogens is 348 g/mol. The Balaban J connectivity index is 2.21. The monoisotopic (exact) mass is 360 g/mol. The van der Waals surface area contributed by atoms with Gasteiger partial charge in [-0.15, -0.1) is 0 Å². The Labute approximate surface area is 124 Å². The van der Waals surface area contributed by atoms with Crippen molar-refractivity contribution in [2.45, 2.75) is 18.0 Å². The van der Waals surface area contributed by atoms with Crippen molar-refractivity contribution in [2.24, 2.45) is 0 Å². The summed E-state index contributed by atoms with van der Waals surface area (Å²) in [6.45, 7) is 0.558. The van der Waals surface area contributed by atoms with E-state index in [-0.39, 0.29) is 17.3 Å². The third kappa shape index (κ3) is 3.63. The number of hydrogen-bond acceptors (Lipinski definition) is 6. The van der Waals surface area contributed by atoms with E-state index in [1.807, 2.05) is 6.07 Å². The van der Waals surface area contributed by atoms with Crippen LogP contribution in [0.25, 0.3) is 0 Å². The molecule has 2 aromatic rings. The van der Waals surface area contributed by atoms with Crippen molar-refractivity contribution in [3.8, 4) is 0 Å². The van der Waals surface area contributed by atoms with Gasteiger partial charge >= 0.3 is 0 Å². The maximum Gasteiger partial charge on any atom is 0.242 e. The number of aromatic nitrogens is 2. The molecule has 9 heteroatoms. The molecular formula is C11H13BrN4O3S. The van der Waals surface area contributed by atoms with Gasteiger partial charge in [0.05, 0.1) is 11.4 Å². The van der Waals surface area contributed by atoms with Crippen LogP contribution < -0.4 is 10.0 Å². The van der Waals surface area contributed by atoms with Gasteiger partial charge in [-0.25, -0.2) is 13.1 Å². The molecule has 2 rings (SSSR count). The molecule has 0 unspecified atom stereocenters. The molecule has 0 fully saturated rings. The number of nitrogens with zero attached hydrogens (tertiary/aromatic N) is 2. The number of halogens is 1. The molecule has 0 radical (unpaired) electrons. The van der Waals surface area contributed by atoms with Crippen LogP contribution in [0.5, 0.6) is 0 Å². The van der Waals surface area contributed by atoms with Gasteiger partial charge in [0.25, 0.3) is 0 Å². The van der Waals surface area contributed by atoms with Gasteiger partial charge in [-0.05, 0) is 40.7 Å². The normalized spacial score (nSPS) is 11.7. The minimum absolute atomic E-state index is 0.0263. The molecule has 7 nitrogen and oxygen atoms in total. The molecule has 1 aromatic heterocycles. The lowest BCUT2D eigenvalue weighted by Gasteiger charge is -2.09. The minimum atomic E-state index is -3.65. The van der Waals surface area contributed by atoms with Crippen LogP contribution in [0.2, 0.25) is 0 Å². The average Bonchev–Trinajstić information content (AvgIpc) is 2.92. The summed E-state index contributed by atoms with van der Waals surface area (Å²) in [4.78, 5) is 3.93. The molecule has 0 saturated heterocycles. The Morgan fingerprint density at radius 3 is 2.80 bits per heavy atom. The summed E-state index contributed by atoms with van der Waals surface area (Å²) < 4.78 is 32.0. The third-order valence-electron chi connectivity index (χ3n) is 2.49. The smallest absolute Gasteiger partial charge is 0.242 e. The van der Waals surface area contributed by atoms with Crippen LogP contribution >= 0.6 is 15.9 Å². The molecule has 0 aliphatic carbocycles. The van der Waals surface area contributed by atoms with Crippen molar-refractivity contribution in [1.82, 2.24) is 20.2 Å². The number of benzene rings is 1. The third-order valence-corrected chi connectivity index (χ3v) is 4.89. The summed E-state index contributed by atoms with van der Waals surface area (Å²) >= 11 is 3.25. The van der Waals surface area contributed by atoms with E-state index < -0.39 is 10.0 Å². The van der Waals surface area contributed by atoms with E-state index in [1.165, 1.54) is 0 Å². The van der Waals surface area contributed by atoms with E-state index in [0.29, 0.717) is 11.0 Å². The minimum Gasteiger partial charge on any atom is -0.343 e. The van der Waals surface area contributed by atoms with E-state index in [0.717, 1.165) is 12.0 Å².